The summed E-state index contributed by atoms with van der Waals surface area (Å²) in [5.74, 6) is 0. The number of hydrogen-bond acceptors (Lipinski definition) is 5. The number of nitrogens with one attached hydrogen (secondary N) is 1. The molecule has 3 aromatic rings. The third-order valence-corrected chi connectivity index (χ3v) is 4.66. The predicted octanol–water partition coefficient (Wildman–Crippen LogP) is 4.59. The van der Waals surface area contributed by atoms with Gasteiger partial charge in [0, 0.05) is 6.54 Å². The fourth-order valence-electron chi connectivity index (χ4n) is 2.29. The summed E-state index contributed by atoms with van der Waals surface area (Å²) in [6.07, 6.45) is 0.269. The van der Waals surface area contributed by atoms with E-state index in [0.29, 0.717) is 22.1 Å². The highest BCUT2D eigenvalue weighted by molar-refractivity contribution is 7.73. The summed E-state index contributed by atoms with van der Waals surface area (Å²) >= 11 is 6.33. The lowest BCUT2D eigenvalue weighted by atomic mass is 10.1. The highest BCUT2D eigenvalue weighted by Crippen LogP contribution is 2.19. The molecule has 1 N–H and O–H groups in total. The summed E-state index contributed by atoms with van der Waals surface area (Å²) in [5, 5.41) is 7.34. The van der Waals surface area contributed by atoms with Gasteiger partial charge in [0.2, 0.25) is 5.13 Å². The first kappa shape index (κ1) is 17.3. The minimum atomic E-state index is -0.433. The van der Waals surface area contributed by atoms with Crippen LogP contribution in [0.25, 0.3) is 0 Å². The van der Waals surface area contributed by atoms with Crippen molar-refractivity contribution in [3.05, 3.63) is 75.7 Å². The molecule has 2 aromatic carbocycles. The third-order valence-electron chi connectivity index (χ3n) is 3.55. The van der Waals surface area contributed by atoms with Crippen LogP contribution in [-0.2, 0) is 17.8 Å². The fraction of sp³-hybridized carbons (Fsp3) is 0.167. The molecule has 0 fully saturated rings. The Bertz CT molecular complexity index is 863. The van der Waals surface area contributed by atoms with Crippen molar-refractivity contribution in [3.8, 4) is 0 Å². The van der Waals surface area contributed by atoms with Gasteiger partial charge in [0.1, 0.15) is 6.61 Å². The number of hydrogen-bond donors (Lipinski definition) is 1. The van der Waals surface area contributed by atoms with Crippen LogP contribution < -0.4 is 4.90 Å². The van der Waals surface area contributed by atoms with Crippen molar-refractivity contribution in [3.63, 3.8) is 0 Å². The van der Waals surface area contributed by atoms with Crippen LogP contribution in [0.3, 0.4) is 0 Å². The first-order valence-corrected chi connectivity index (χ1v) is 9.02. The van der Waals surface area contributed by atoms with Crippen molar-refractivity contribution < 1.29 is 9.53 Å². The van der Waals surface area contributed by atoms with Gasteiger partial charge in [0.15, 0.2) is 3.95 Å². The number of carbonyl (C=O) groups is 1. The van der Waals surface area contributed by atoms with Crippen LogP contribution in [0.2, 0.25) is 0 Å². The van der Waals surface area contributed by atoms with Gasteiger partial charge >= 0.3 is 6.09 Å². The molecule has 3 rings (SSSR count). The van der Waals surface area contributed by atoms with Crippen molar-refractivity contribution in [2.24, 2.45) is 0 Å². The SMILES string of the molecule is O=C(OCc1ccccc1)N(CCc1ccccc1)c1n[nH]c(=S)s1. The number of rotatable bonds is 6. The van der Waals surface area contributed by atoms with Gasteiger partial charge in [-0.05, 0) is 29.8 Å². The van der Waals surface area contributed by atoms with Crippen molar-refractivity contribution in [1.29, 1.82) is 0 Å². The first-order valence-electron chi connectivity index (χ1n) is 7.80. The third kappa shape index (κ3) is 4.98. The molecule has 0 aliphatic rings. The summed E-state index contributed by atoms with van der Waals surface area (Å²) in [5.41, 5.74) is 2.08. The molecule has 0 aliphatic carbocycles. The number of anilines is 1. The van der Waals surface area contributed by atoms with E-state index in [4.69, 9.17) is 17.0 Å². The Balaban J connectivity index is 1.69. The zero-order valence-electron chi connectivity index (χ0n) is 13.4. The standard InChI is InChI=1S/C18H17N3O2S2/c22-18(23-13-15-9-5-2-6-10-15)21(16-19-20-17(24)25-16)12-11-14-7-3-1-4-8-14/h1-10H,11-13H2,(H,20,24). The number of ether oxygens (including phenoxy) is 1. The lowest BCUT2D eigenvalue weighted by Crippen LogP contribution is -2.33. The van der Waals surface area contributed by atoms with Crippen LogP contribution in [0.1, 0.15) is 11.1 Å². The molecule has 0 unspecified atom stereocenters. The molecule has 0 saturated carbocycles. The number of aromatic amines is 1. The van der Waals surface area contributed by atoms with Crippen molar-refractivity contribution in [2.45, 2.75) is 13.0 Å². The predicted molar refractivity (Wildman–Crippen MR) is 101 cm³/mol. The van der Waals surface area contributed by atoms with E-state index in [1.165, 1.54) is 16.2 Å². The van der Waals surface area contributed by atoms with Crippen LogP contribution in [0, 0.1) is 3.95 Å². The number of H-pyrrole nitrogens is 1. The zero-order chi connectivity index (χ0) is 17.5. The number of benzene rings is 2. The highest BCUT2D eigenvalue weighted by Gasteiger charge is 2.20. The van der Waals surface area contributed by atoms with Gasteiger partial charge in [0.25, 0.3) is 0 Å². The lowest BCUT2D eigenvalue weighted by molar-refractivity contribution is 0.147. The molecule has 128 valence electrons. The second-order valence-electron chi connectivity index (χ2n) is 5.32. The number of aromatic nitrogens is 2. The fourth-order valence-corrected chi connectivity index (χ4v) is 3.18. The molecule has 5 nitrogen and oxygen atoms in total. The van der Waals surface area contributed by atoms with Gasteiger partial charge in [0.05, 0.1) is 0 Å². The van der Waals surface area contributed by atoms with E-state index in [0.717, 1.165) is 11.1 Å². The maximum atomic E-state index is 12.6. The Hall–Kier alpha value is -2.51. The molecule has 1 amide bonds. The number of carbonyl (C=O) groups excluding carboxylic acids is 1. The number of nitrogens with zero attached hydrogens (tertiary/aromatic N) is 2. The summed E-state index contributed by atoms with van der Waals surface area (Å²) in [4.78, 5) is 14.1. The van der Waals surface area contributed by atoms with Crippen LogP contribution >= 0.6 is 23.6 Å². The van der Waals surface area contributed by atoms with E-state index in [1.807, 2.05) is 60.7 Å². The van der Waals surface area contributed by atoms with Gasteiger partial charge in [-0.2, -0.15) is 0 Å². The van der Waals surface area contributed by atoms with E-state index in [1.54, 1.807) is 0 Å². The zero-order valence-corrected chi connectivity index (χ0v) is 15.1. The molecular weight excluding hydrogens is 354 g/mol. The van der Waals surface area contributed by atoms with Gasteiger partial charge in [-0.1, -0.05) is 72.0 Å². The van der Waals surface area contributed by atoms with E-state index >= 15 is 0 Å². The molecule has 25 heavy (non-hydrogen) atoms. The topological polar surface area (TPSA) is 58.2 Å². The van der Waals surface area contributed by atoms with Crippen LogP contribution in [0.5, 0.6) is 0 Å². The smallest absolute Gasteiger partial charge is 0.416 e. The Morgan fingerprint density at radius 2 is 1.72 bits per heavy atom. The number of amides is 1. The molecular formula is C18H17N3O2S2. The van der Waals surface area contributed by atoms with Gasteiger partial charge in [-0.15, -0.1) is 5.10 Å². The van der Waals surface area contributed by atoms with E-state index in [-0.39, 0.29) is 6.61 Å². The molecule has 0 radical (unpaired) electrons. The van der Waals surface area contributed by atoms with E-state index in [2.05, 4.69) is 10.2 Å². The van der Waals surface area contributed by atoms with Gasteiger partial charge < -0.3 is 4.74 Å². The summed E-state index contributed by atoms with van der Waals surface area (Å²) in [7, 11) is 0. The van der Waals surface area contributed by atoms with Gasteiger partial charge in [-0.3, -0.25) is 10.00 Å². The second-order valence-corrected chi connectivity index (χ2v) is 6.97. The Morgan fingerprint density at radius 1 is 1.08 bits per heavy atom. The molecule has 0 spiro atoms. The van der Waals surface area contributed by atoms with Crippen molar-refractivity contribution >= 4 is 34.8 Å². The summed E-state index contributed by atoms with van der Waals surface area (Å²) in [6.45, 7) is 0.686. The maximum absolute atomic E-state index is 12.6. The average Bonchev–Trinajstić information content (AvgIpc) is 3.08. The quantitative estimate of drug-likeness (QED) is 0.644. The van der Waals surface area contributed by atoms with Crippen molar-refractivity contribution in [1.82, 2.24) is 10.2 Å². The van der Waals surface area contributed by atoms with Gasteiger partial charge in [-0.25, -0.2) is 4.79 Å². The molecule has 0 bridgehead atoms. The normalized spacial score (nSPS) is 10.4. The van der Waals surface area contributed by atoms with Crippen LogP contribution in [-0.4, -0.2) is 22.8 Å². The molecule has 0 atom stereocenters. The second kappa shape index (κ2) is 8.55. The van der Waals surface area contributed by atoms with E-state index < -0.39 is 6.09 Å². The Kier molecular flexibility index (Phi) is 5.92. The monoisotopic (exact) mass is 371 g/mol. The molecule has 7 heteroatoms. The van der Waals surface area contributed by atoms with Crippen molar-refractivity contribution in [2.75, 3.05) is 11.4 Å². The Morgan fingerprint density at radius 3 is 2.32 bits per heavy atom. The minimum absolute atomic E-state index is 0.220. The molecule has 1 heterocycles. The maximum Gasteiger partial charge on any atom is 0.416 e. The van der Waals surface area contributed by atoms with Crippen LogP contribution in [0.4, 0.5) is 9.93 Å². The largest absolute Gasteiger partial charge is 0.444 e. The summed E-state index contributed by atoms with van der Waals surface area (Å²) < 4.78 is 5.97. The average molecular weight is 371 g/mol. The molecule has 0 saturated heterocycles. The van der Waals surface area contributed by atoms with Crippen LogP contribution in [0.15, 0.2) is 60.7 Å². The minimum Gasteiger partial charge on any atom is -0.444 e. The highest BCUT2D eigenvalue weighted by atomic mass is 32.1. The molecule has 0 aliphatic heterocycles. The first-order chi connectivity index (χ1) is 12.2. The molecule has 1 aromatic heterocycles. The Labute approximate surface area is 154 Å². The summed E-state index contributed by atoms with van der Waals surface area (Å²) in [6, 6.07) is 19.6. The lowest BCUT2D eigenvalue weighted by Gasteiger charge is -2.19. The van der Waals surface area contributed by atoms with E-state index in [9.17, 15) is 4.79 Å².